The summed E-state index contributed by atoms with van der Waals surface area (Å²) in [6, 6.07) is 4.23. The molecule has 0 amide bonds. The molecule has 0 N–H and O–H groups in total. The second-order valence-electron chi connectivity index (χ2n) is 7.64. The lowest BCUT2D eigenvalue weighted by molar-refractivity contribution is 0.257. The highest BCUT2D eigenvalue weighted by Gasteiger charge is 2.19. The van der Waals surface area contributed by atoms with Crippen LogP contribution in [0, 0.1) is 0 Å². The van der Waals surface area contributed by atoms with Crippen molar-refractivity contribution < 1.29 is 0 Å². The van der Waals surface area contributed by atoms with Crippen molar-refractivity contribution in [1.29, 1.82) is 0 Å². The first-order valence-electron chi connectivity index (χ1n) is 10.4. The highest BCUT2D eigenvalue weighted by Crippen LogP contribution is 2.19. The van der Waals surface area contributed by atoms with E-state index in [1.54, 1.807) is 0 Å². The van der Waals surface area contributed by atoms with Crippen LogP contribution in [0.15, 0.2) is 18.3 Å². The maximum Gasteiger partial charge on any atom is 0.157 e. The highest BCUT2D eigenvalue weighted by atomic mass is 15.4. The third kappa shape index (κ3) is 4.01. The van der Waals surface area contributed by atoms with Gasteiger partial charge in [0.25, 0.3) is 0 Å². The Bertz CT molecular complexity index is 705. The maximum absolute atomic E-state index is 4.68. The van der Waals surface area contributed by atoms with Gasteiger partial charge in [-0.05, 0) is 64.8 Å². The number of likely N-dealkylation sites (tertiary alicyclic amines) is 1. The number of rotatable bonds is 6. The summed E-state index contributed by atoms with van der Waals surface area (Å²) in [7, 11) is 0. The lowest BCUT2D eigenvalue weighted by Crippen LogP contribution is -2.33. The molecule has 2 saturated heterocycles. The first-order chi connectivity index (χ1) is 12.8. The van der Waals surface area contributed by atoms with E-state index in [0.29, 0.717) is 0 Å². The fraction of sp³-hybridized carbons (Fsp3) is 0.700. The van der Waals surface area contributed by atoms with Gasteiger partial charge >= 0.3 is 0 Å². The summed E-state index contributed by atoms with van der Waals surface area (Å²) >= 11 is 0. The van der Waals surface area contributed by atoms with E-state index in [9.17, 15) is 0 Å². The topological polar surface area (TPSA) is 39.9 Å². The summed E-state index contributed by atoms with van der Waals surface area (Å²) in [6.45, 7) is 11.8. The Morgan fingerprint density at radius 1 is 0.923 bits per heavy atom. The Morgan fingerprint density at radius 2 is 1.69 bits per heavy atom. The van der Waals surface area contributed by atoms with Gasteiger partial charge in [-0.2, -0.15) is 9.61 Å². The maximum atomic E-state index is 4.68. The molecule has 0 bridgehead atoms. The van der Waals surface area contributed by atoms with Gasteiger partial charge in [0.2, 0.25) is 0 Å². The molecule has 2 aliphatic rings. The molecule has 4 heterocycles. The van der Waals surface area contributed by atoms with Crippen LogP contribution < -0.4 is 4.90 Å². The van der Waals surface area contributed by atoms with E-state index in [4.69, 9.17) is 0 Å². The minimum Gasteiger partial charge on any atom is -0.355 e. The lowest BCUT2D eigenvalue weighted by Gasteiger charge is -2.25. The van der Waals surface area contributed by atoms with E-state index >= 15 is 0 Å². The quantitative estimate of drug-likeness (QED) is 0.794. The first kappa shape index (κ1) is 17.7. The van der Waals surface area contributed by atoms with E-state index in [1.807, 2.05) is 16.8 Å². The minimum absolute atomic E-state index is 0.963. The summed E-state index contributed by atoms with van der Waals surface area (Å²) in [5, 5.41) is 4.51. The van der Waals surface area contributed by atoms with E-state index in [0.717, 1.165) is 37.4 Å². The SMILES string of the molecule is CCc1cc(N2CCCN(CCCN3CCCC3)CC2)n2nccc2n1. The van der Waals surface area contributed by atoms with Gasteiger partial charge in [0.05, 0.1) is 6.20 Å². The van der Waals surface area contributed by atoms with E-state index in [2.05, 4.69) is 37.8 Å². The molecule has 0 unspecified atom stereocenters. The van der Waals surface area contributed by atoms with Crippen molar-refractivity contribution in [2.24, 2.45) is 0 Å². The monoisotopic (exact) mass is 356 g/mol. The molecular weight excluding hydrogens is 324 g/mol. The Labute approximate surface area is 156 Å². The molecule has 6 nitrogen and oxygen atoms in total. The molecule has 6 heteroatoms. The fourth-order valence-electron chi connectivity index (χ4n) is 4.30. The number of fused-ring (bicyclic) bond motifs is 1. The smallest absolute Gasteiger partial charge is 0.157 e. The van der Waals surface area contributed by atoms with Gasteiger partial charge in [0, 0.05) is 37.5 Å². The molecule has 0 aliphatic carbocycles. The Hall–Kier alpha value is -1.66. The van der Waals surface area contributed by atoms with Gasteiger partial charge in [0.1, 0.15) is 5.82 Å². The Balaban J connectivity index is 1.37. The van der Waals surface area contributed by atoms with Gasteiger partial charge in [-0.25, -0.2) is 4.98 Å². The zero-order valence-corrected chi connectivity index (χ0v) is 16.1. The number of aromatic nitrogens is 3. The summed E-state index contributed by atoms with van der Waals surface area (Å²) in [6.07, 6.45) is 8.13. The summed E-state index contributed by atoms with van der Waals surface area (Å²) < 4.78 is 2.00. The van der Waals surface area contributed by atoms with Crippen LogP contribution in [-0.4, -0.2) is 76.8 Å². The van der Waals surface area contributed by atoms with Gasteiger partial charge in [-0.1, -0.05) is 6.92 Å². The van der Waals surface area contributed by atoms with Crippen LogP contribution >= 0.6 is 0 Å². The number of hydrogen-bond acceptors (Lipinski definition) is 5. The minimum atomic E-state index is 0.963. The van der Waals surface area contributed by atoms with Crippen LogP contribution in [0.2, 0.25) is 0 Å². The van der Waals surface area contributed by atoms with Crippen molar-refractivity contribution in [3.05, 3.63) is 24.0 Å². The molecule has 4 rings (SSSR count). The normalized spacial score (nSPS) is 20.1. The predicted octanol–water partition coefficient (Wildman–Crippen LogP) is 2.29. The first-order valence-corrected chi connectivity index (χ1v) is 10.4. The van der Waals surface area contributed by atoms with Crippen LogP contribution in [0.3, 0.4) is 0 Å². The molecule has 2 fully saturated rings. The van der Waals surface area contributed by atoms with Crippen LogP contribution in [0.4, 0.5) is 5.82 Å². The molecule has 0 radical (unpaired) electrons. The Kier molecular flexibility index (Phi) is 5.70. The fourth-order valence-corrected chi connectivity index (χ4v) is 4.30. The lowest BCUT2D eigenvalue weighted by atomic mass is 10.3. The summed E-state index contributed by atoms with van der Waals surface area (Å²) in [5.74, 6) is 1.20. The third-order valence-electron chi connectivity index (χ3n) is 5.82. The van der Waals surface area contributed by atoms with Gasteiger partial charge < -0.3 is 14.7 Å². The van der Waals surface area contributed by atoms with E-state index < -0.39 is 0 Å². The second-order valence-corrected chi connectivity index (χ2v) is 7.64. The van der Waals surface area contributed by atoms with Crippen molar-refractivity contribution in [3.63, 3.8) is 0 Å². The van der Waals surface area contributed by atoms with E-state index in [-0.39, 0.29) is 0 Å². The molecule has 0 aromatic carbocycles. The van der Waals surface area contributed by atoms with Gasteiger partial charge in [0.15, 0.2) is 5.65 Å². The number of anilines is 1. The summed E-state index contributed by atoms with van der Waals surface area (Å²) in [4.78, 5) is 12.5. The van der Waals surface area contributed by atoms with Crippen molar-refractivity contribution in [3.8, 4) is 0 Å². The molecule has 2 aliphatic heterocycles. The molecule has 0 saturated carbocycles. The van der Waals surface area contributed by atoms with Crippen LogP contribution in [-0.2, 0) is 6.42 Å². The standard InChI is InChI=1S/C20H32N6/c1-2-18-17-20(26-19(22-18)7-8-21-26)25-14-6-13-24(15-16-25)12-5-11-23-9-3-4-10-23/h7-8,17H,2-6,9-16H2,1H3. The van der Waals surface area contributed by atoms with Crippen LogP contribution in [0.25, 0.3) is 5.65 Å². The summed E-state index contributed by atoms with van der Waals surface area (Å²) in [5.41, 5.74) is 2.12. The van der Waals surface area contributed by atoms with Crippen LogP contribution in [0.1, 0.15) is 38.3 Å². The Morgan fingerprint density at radius 3 is 2.50 bits per heavy atom. The van der Waals surface area contributed by atoms with E-state index in [1.165, 1.54) is 64.2 Å². The van der Waals surface area contributed by atoms with Crippen molar-refractivity contribution in [1.82, 2.24) is 24.4 Å². The molecule has 0 atom stereocenters. The number of hydrogen-bond donors (Lipinski definition) is 0. The molecule has 2 aromatic heterocycles. The predicted molar refractivity (Wildman–Crippen MR) is 106 cm³/mol. The highest BCUT2D eigenvalue weighted by molar-refractivity contribution is 5.51. The van der Waals surface area contributed by atoms with Crippen LogP contribution in [0.5, 0.6) is 0 Å². The zero-order valence-electron chi connectivity index (χ0n) is 16.1. The number of nitrogens with zero attached hydrogens (tertiary/aromatic N) is 6. The zero-order chi connectivity index (χ0) is 17.8. The molecule has 142 valence electrons. The van der Waals surface area contributed by atoms with Crippen molar-refractivity contribution in [2.75, 3.05) is 57.3 Å². The largest absolute Gasteiger partial charge is 0.355 e. The molecule has 2 aromatic rings. The van der Waals surface area contributed by atoms with Crippen molar-refractivity contribution in [2.45, 2.75) is 39.0 Å². The average Bonchev–Trinajstić information content (AvgIpc) is 3.29. The molecule has 26 heavy (non-hydrogen) atoms. The van der Waals surface area contributed by atoms with Gasteiger partial charge in [-0.3, -0.25) is 0 Å². The molecule has 0 spiro atoms. The molecular formula is C20H32N6. The van der Waals surface area contributed by atoms with Gasteiger partial charge in [-0.15, -0.1) is 0 Å². The third-order valence-corrected chi connectivity index (χ3v) is 5.82. The van der Waals surface area contributed by atoms with Crippen molar-refractivity contribution >= 4 is 11.5 Å². The average molecular weight is 357 g/mol. The number of aryl methyl sites for hydroxylation is 1. The second kappa shape index (κ2) is 8.35.